The lowest BCUT2D eigenvalue weighted by molar-refractivity contribution is 0.482. The van der Waals surface area contributed by atoms with Crippen LogP contribution < -0.4 is 0 Å². The van der Waals surface area contributed by atoms with E-state index < -0.39 is 45.8 Å². The van der Waals surface area contributed by atoms with Crippen molar-refractivity contribution < 1.29 is 38.9 Å². The van der Waals surface area contributed by atoms with Crippen molar-refractivity contribution in [2.45, 2.75) is 58.3 Å². The second-order valence-electron chi connectivity index (χ2n) is 10.2. The summed E-state index contributed by atoms with van der Waals surface area (Å²) in [6.07, 6.45) is 0.817. The van der Waals surface area contributed by atoms with E-state index in [9.17, 15) is 38.9 Å². The first-order valence-corrected chi connectivity index (χ1v) is 18.0. The number of allylic oxidation sites excluding steroid dienone is 2. The highest BCUT2D eigenvalue weighted by molar-refractivity contribution is 7.96. The van der Waals surface area contributed by atoms with E-state index in [1.54, 1.807) is 32.9 Å². The molecule has 0 saturated heterocycles. The van der Waals surface area contributed by atoms with Gasteiger partial charge in [-0.15, -0.1) is 0 Å². The molecule has 8 bridgehead atoms. The topological polar surface area (TPSA) is 220 Å². The van der Waals surface area contributed by atoms with Crippen LogP contribution in [0.15, 0.2) is 35.2 Å². The fraction of sp³-hybridized carbons (Fsp3) is 0.286. The van der Waals surface area contributed by atoms with Crippen LogP contribution in [0.25, 0.3) is 43.0 Å². The summed E-state index contributed by atoms with van der Waals surface area (Å²) >= 11 is 0. The van der Waals surface area contributed by atoms with E-state index in [0.717, 1.165) is 5.56 Å². The van der Waals surface area contributed by atoms with Gasteiger partial charge in [-0.05, 0) is 67.1 Å². The molecule has 5 N–H and O–H groups in total. The minimum atomic E-state index is -4.97. The Morgan fingerprint density at radius 1 is 0.614 bits per heavy atom. The summed E-state index contributed by atoms with van der Waals surface area (Å²) in [7, 11) is -14.7. The smallest absolute Gasteiger partial charge is 0.297 e. The van der Waals surface area contributed by atoms with E-state index in [1.165, 1.54) is 18.2 Å². The Labute approximate surface area is 254 Å². The van der Waals surface area contributed by atoms with Crippen LogP contribution in [-0.4, -0.2) is 58.8 Å². The lowest BCUT2D eigenvalue weighted by Crippen LogP contribution is -2.05. The van der Waals surface area contributed by atoms with Crippen LogP contribution >= 0.6 is 0 Å². The molecule has 0 atom stereocenters. The molecule has 5 heterocycles. The number of fused-ring (bicyclic) bond motifs is 10. The van der Waals surface area contributed by atoms with Gasteiger partial charge in [-0.3, -0.25) is 13.7 Å². The molecule has 0 saturated carbocycles. The predicted octanol–water partition coefficient (Wildman–Crippen LogP) is 5.02. The highest BCUT2D eigenvalue weighted by Crippen LogP contribution is 2.41. The second-order valence-corrected chi connectivity index (χ2v) is 14.2. The van der Waals surface area contributed by atoms with Crippen molar-refractivity contribution in [2.75, 3.05) is 0 Å². The van der Waals surface area contributed by atoms with Crippen molar-refractivity contribution in [3.8, 4) is 0 Å². The number of rotatable bonds is 7. The number of aromatic amines is 2. The maximum absolute atomic E-state index is 12.7. The zero-order chi connectivity index (χ0) is 32.4. The van der Waals surface area contributed by atoms with Crippen molar-refractivity contribution in [3.05, 3.63) is 64.2 Å². The summed E-state index contributed by atoms with van der Waals surface area (Å²) in [6.45, 7) is 6.83. The van der Waals surface area contributed by atoms with Crippen LogP contribution in [0.5, 0.6) is 0 Å². The molecule has 3 aromatic rings. The molecule has 2 aliphatic rings. The molecular formula is C28H30N4O9S3. The molecule has 3 aromatic heterocycles. The summed E-state index contributed by atoms with van der Waals surface area (Å²) in [4.78, 5) is 13.4. The van der Waals surface area contributed by atoms with Gasteiger partial charge in [-0.1, -0.05) is 27.7 Å². The van der Waals surface area contributed by atoms with Gasteiger partial charge >= 0.3 is 0 Å². The number of H-pyrrole nitrogens is 2. The molecule has 2 aliphatic heterocycles. The Bertz CT molecular complexity index is 2300. The van der Waals surface area contributed by atoms with Crippen LogP contribution in [0.3, 0.4) is 0 Å². The first kappa shape index (κ1) is 31.7. The molecule has 0 spiro atoms. The zero-order valence-corrected chi connectivity index (χ0v) is 26.6. The number of hydrogen-bond donors (Lipinski definition) is 5. The van der Waals surface area contributed by atoms with E-state index in [4.69, 9.17) is 0 Å². The second kappa shape index (κ2) is 11.0. The molecule has 0 amide bonds. The molecule has 0 fully saturated rings. The molecule has 234 valence electrons. The SMILES string of the molecule is CCC1=C(S(=O)(=O)O)c2nc1ccc1[nH]c(c3nc(ccc4[nH]c2cc4CC)C(CC)=C3S(=O)(=O)O)c(S(=O)(=O)O)c1CC. The number of nitrogens with one attached hydrogen (secondary N) is 2. The van der Waals surface area contributed by atoms with Gasteiger partial charge in [0.05, 0.1) is 22.4 Å². The van der Waals surface area contributed by atoms with E-state index >= 15 is 0 Å². The average Bonchev–Trinajstić information content (AvgIpc) is 3.68. The van der Waals surface area contributed by atoms with Crippen LogP contribution in [0.4, 0.5) is 0 Å². The monoisotopic (exact) mass is 662 g/mol. The third kappa shape index (κ3) is 5.31. The Balaban J connectivity index is 2.11. The minimum absolute atomic E-state index is 0.0106. The lowest BCUT2D eigenvalue weighted by atomic mass is 10.1. The van der Waals surface area contributed by atoms with E-state index in [0.29, 0.717) is 17.5 Å². The highest BCUT2D eigenvalue weighted by atomic mass is 32.2. The van der Waals surface area contributed by atoms with Crippen LogP contribution in [0.2, 0.25) is 0 Å². The van der Waals surface area contributed by atoms with Gasteiger partial charge in [0.2, 0.25) is 0 Å². The first-order valence-electron chi connectivity index (χ1n) is 13.7. The molecule has 0 aromatic carbocycles. The van der Waals surface area contributed by atoms with Gasteiger partial charge in [0.25, 0.3) is 30.4 Å². The first-order chi connectivity index (χ1) is 20.5. The van der Waals surface area contributed by atoms with E-state index in [-0.39, 0.29) is 69.0 Å². The van der Waals surface area contributed by atoms with Gasteiger partial charge in [0.1, 0.15) is 26.1 Å². The molecule has 0 unspecified atom stereocenters. The predicted molar refractivity (Wildman–Crippen MR) is 167 cm³/mol. The molecule has 13 nitrogen and oxygen atoms in total. The van der Waals surface area contributed by atoms with Gasteiger partial charge < -0.3 is 9.97 Å². The summed E-state index contributed by atoms with van der Waals surface area (Å²) < 4.78 is 107. The molecular weight excluding hydrogens is 633 g/mol. The molecule has 16 heteroatoms. The number of hydrogen-bond acceptors (Lipinski definition) is 8. The van der Waals surface area contributed by atoms with Crippen LogP contribution in [0, 0.1) is 0 Å². The van der Waals surface area contributed by atoms with Crippen LogP contribution in [0.1, 0.15) is 74.4 Å². The van der Waals surface area contributed by atoms with Crippen molar-refractivity contribution >= 4 is 73.4 Å². The van der Waals surface area contributed by atoms with Crippen molar-refractivity contribution in [2.24, 2.45) is 0 Å². The van der Waals surface area contributed by atoms with Gasteiger partial charge in [-0.2, -0.15) is 25.3 Å². The Morgan fingerprint density at radius 3 is 1.61 bits per heavy atom. The Kier molecular flexibility index (Phi) is 7.97. The normalized spacial score (nSPS) is 14.5. The van der Waals surface area contributed by atoms with Crippen molar-refractivity contribution in [3.63, 3.8) is 0 Å². The summed E-state index contributed by atoms with van der Waals surface area (Å²) in [5, 5.41) is 0. The minimum Gasteiger partial charge on any atom is -0.353 e. The Hall–Kier alpha value is -3.67. The average molecular weight is 663 g/mol. The summed E-state index contributed by atoms with van der Waals surface area (Å²) in [6, 6.07) is 7.63. The summed E-state index contributed by atoms with van der Waals surface area (Å²) in [5.41, 5.74) is 1.68. The van der Waals surface area contributed by atoms with E-state index in [1.807, 2.05) is 6.92 Å². The maximum Gasteiger partial charge on any atom is 0.297 e. The fourth-order valence-electron chi connectivity index (χ4n) is 5.75. The third-order valence-corrected chi connectivity index (χ3v) is 10.5. The lowest BCUT2D eigenvalue weighted by Gasteiger charge is -2.04. The highest BCUT2D eigenvalue weighted by Gasteiger charge is 2.34. The standard InChI is InChI=1S/C28H30N4O9S3/c1-5-14-13-22-23-26(42(33,34)35)15(6-2)19(30-23)11-12-21-17(8-4)28(44(39,40)41)25(32-21)24-27(43(36,37)38)16(7-3)20(31-24)10-9-18(14)29-22/h9-13,29,32H,5-8H2,1-4H3,(H,33,34,35)(H,36,37,38)(H,39,40,41). The zero-order valence-electron chi connectivity index (χ0n) is 24.1. The molecule has 5 rings (SSSR count). The van der Waals surface area contributed by atoms with Crippen molar-refractivity contribution in [1.29, 1.82) is 0 Å². The largest absolute Gasteiger partial charge is 0.353 e. The fourth-order valence-corrected chi connectivity index (χ4v) is 8.64. The number of aryl methyl sites for hydroxylation is 2. The van der Waals surface area contributed by atoms with Crippen molar-refractivity contribution in [1.82, 2.24) is 19.9 Å². The maximum atomic E-state index is 12.7. The van der Waals surface area contributed by atoms with Gasteiger partial charge in [-0.25, -0.2) is 9.97 Å². The quantitative estimate of drug-likeness (QED) is 0.211. The van der Waals surface area contributed by atoms with Gasteiger partial charge in [0, 0.05) is 22.2 Å². The summed E-state index contributed by atoms with van der Waals surface area (Å²) in [5.74, 6) is 0. The third-order valence-electron chi connectivity index (χ3n) is 7.60. The molecule has 0 radical (unpaired) electrons. The molecule has 44 heavy (non-hydrogen) atoms. The van der Waals surface area contributed by atoms with E-state index in [2.05, 4.69) is 19.9 Å². The molecule has 0 aliphatic carbocycles. The van der Waals surface area contributed by atoms with Gasteiger partial charge in [0.15, 0.2) is 0 Å². The number of nitrogens with zero attached hydrogens (tertiary/aromatic N) is 2. The number of aromatic nitrogens is 4. The Morgan fingerprint density at radius 2 is 1.14 bits per heavy atom. The van der Waals surface area contributed by atoms with Crippen LogP contribution in [-0.2, 0) is 43.2 Å².